The smallest absolute Gasteiger partial charge is 0.292 e. The molecule has 1 heterocycles. The molecule has 0 atom stereocenters. The Bertz CT molecular complexity index is 309. The van der Waals surface area contributed by atoms with Gasteiger partial charge in [-0.2, -0.15) is 0 Å². The fourth-order valence-corrected chi connectivity index (χ4v) is 1.67. The molecule has 0 saturated heterocycles. The van der Waals surface area contributed by atoms with Crippen LogP contribution in [0.2, 0.25) is 0 Å². The predicted octanol–water partition coefficient (Wildman–Crippen LogP) is 1.80. The number of thioether (sulfide) groups is 1. The van der Waals surface area contributed by atoms with Crippen molar-refractivity contribution in [3.63, 3.8) is 0 Å². The summed E-state index contributed by atoms with van der Waals surface area (Å²) < 4.78 is 5.07. The van der Waals surface area contributed by atoms with E-state index in [-0.39, 0.29) is 0 Å². The van der Waals surface area contributed by atoms with Gasteiger partial charge in [-0.25, -0.2) is 0 Å². The molecule has 3 heteroatoms. The van der Waals surface area contributed by atoms with Gasteiger partial charge in [-0.1, -0.05) is 0 Å². The maximum absolute atomic E-state index is 5.07. The number of benzene rings is 1. The molecule has 0 aromatic heterocycles. The lowest BCUT2D eigenvalue weighted by molar-refractivity contribution is 0.414. The largest absolute Gasteiger partial charge is 0.497 e. The first-order valence-electron chi connectivity index (χ1n) is 3.27. The molecule has 1 aliphatic rings. The molecule has 2 rings (SSSR count). The molecular weight excluding hydrogens is 158 g/mol. The van der Waals surface area contributed by atoms with E-state index in [0.717, 1.165) is 11.4 Å². The van der Waals surface area contributed by atoms with E-state index in [1.54, 1.807) is 18.9 Å². The number of nitrogens with zero attached hydrogens (tertiary/aromatic N) is 1. The van der Waals surface area contributed by atoms with Crippen LogP contribution in [0.25, 0.3) is 0 Å². The summed E-state index contributed by atoms with van der Waals surface area (Å²) in [7, 11) is 1.67. The van der Waals surface area contributed by atoms with Crippen LogP contribution >= 0.6 is 11.8 Å². The SMILES string of the molecule is COc1ccc2c(c1)SC=[N+]2. The topological polar surface area (TPSA) is 23.3 Å². The van der Waals surface area contributed by atoms with Crippen LogP contribution < -0.4 is 9.73 Å². The minimum absolute atomic E-state index is 0.891. The van der Waals surface area contributed by atoms with Gasteiger partial charge in [0.1, 0.15) is 10.6 Å². The van der Waals surface area contributed by atoms with Crippen LogP contribution in [0.3, 0.4) is 0 Å². The van der Waals surface area contributed by atoms with Crippen molar-refractivity contribution in [1.82, 2.24) is 4.99 Å². The maximum Gasteiger partial charge on any atom is 0.292 e. The van der Waals surface area contributed by atoms with Gasteiger partial charge in [0.15, 0.2) is 0 Å². The number of aliphatic imine (C=N–C) groups is 1. The van der Waals surface area contributed by atoms with Crippen LogP contribution in [0.5, 0.6) is 5.75 Å². The van der Waals surface area contributed by atoms with Crippen LogP contribution in [-0.4, -0.2) is 12.7 Å². The monoisotopic (exact) mass is 165 g/mol. The van der Waals surface area contributed by atoms with E-state index in [2.05, 4.69) is 4.99 Å². The Morgan fingerprint density at radius 1 is 1.45 bits per heavy atom. The molecule has 55 valence electrons. The minimum atomic E-state index is 0.891. The van der Waals surface area contributed by atoms with Crippen LogP contribution in [0.15, 0.2) is 23.1 Å². The van der Waals surface area contributed by atoms with Gasteiger partial charge in [0.2, 0.25) is 0 Å². The summed E-state index contributed by atoms with van der Waals surface area (Å²) >= 11 is 1.63. The average molecular weight is 165 g/mol. The number of fused-ring (bicyclic) bond motifs is 1. The molecular formula is C8H7NOS+. The summed E-state index contributed by atoms with van der Waals surface area (Å²) in [5, 5.41) is 0. The molecule has 0 amide bonds. The van der Waals surface area contributed by atoms with Crippen molar-refractivity contribution in [3.8, 4) is 5.75 Å². The summed E-state index contributed by atoms with van der Waals surface area (Å²) in [6.07, 6.45) is 0. The summed E-state index contributed by atoms with van der Waals surface area (Å²) in [5.41, 5.74) is 2.88. The van der Waals surface area contributed by atoms with E-state index in [4.69, 9.17) is 4.74 Å². The maximum atomic E-state index is 5.07. The number of methoxy groups -OCH3 is 1. The molecule has 0 unspecified atom stereocenters. The third-order valence-corrected chi connectivity index (χ3v) is 2.33. The molecule has 1 radical (unpaired) electrons. The second-order valence-electron chi connectivity index (χ2n) is 2.19. The number of hydrogen-bond donors (Lipinski definition) is 0. The van der Waals surface area contributed by atoms with E-state index in [1.807, 2.05) is 23.7 Å². The average Bonchev–Trinajstić information content (AvgIpc) is 2.50. The molecule has 0 bridgehead atoms. The van der Waals surface area contributed by atoms with Gasteiger partial charge in [0.25, 0.3) is 11.2 Å². The normalized spacial score (nSPS) is 13.2. The quantitative estimate of drug-likeness (QED) is 0.633. The number of rotatable bonds is 1. The summed E-state index contributed by atoms with van der Waals surface area (Å²) in [5.74, 6) is 0.891. The molecule has 1 aliphatic heterocycles. The van der Waals surface area contributed by atoms with Gasteiger partial charge in [-0.3, -0.25) is 0 Å². The van der Waals surface area contributed by atoms with Crippen molar-refractivity contribution in [2.45, 2.75) is 4.90 Å². The Morgan fingerprint density at radius 3 is 3.18 bits per heavy atom. The fourth-order valence-electron chi connectivity index (χ4n) is 0.962. The molecule has 0 spiro atoms. The lowest BCUT2D eigenvalue weighted by Gasteiger charge is -1.96. The first kappa shape index (κ1) is 6.73. The van der Waals surface area contributed by atoms with Crippen molar-refractivity contribution in [3.05, 3.63) is 18.2 Å². The van der Waals surface area contributed by atoms with Crippen LogP contribution in [0.4, 0.5) is 5.69 Å². The van der Waals surface area contributed by atoms with Gasteiger partial charge in [-0.15, -0.1) is 0 Å². The van der Waals surface area contributed by atoms with Gasteiger partial charge < -0.3 is 4.74 Å². The highest BCUT2D eigenvalue weighted by molar-refractivity contribution is 8.12. The van der Waals surface area contributed by atoms with E-state index < -0.39 is 0 Å². The molecule has 0 fully saturated rings. The van der Waals surface area contributed by atoms with Crippen molar-refractivity contribution in [2.24, 2.45) is 0 Å². The van der Waals surface area contributed by atoms with E-state index >= 15 is 0 Å². The van der Waals surface area contributed by atoms with Crippen molar-refractivity contribution in [2.75, 3.05) is 7.11 Å². The zero-order valence-corrected chi connectivity index (χ0v) is 6.89. The predicted molar refractivity (Wildman–Crippen MR) is 46.7 cm³/mol. The van der Waals surface area contributed by atoms with E-state index in [0.29, 0.717) is 0 Å². The van der Waals surface area contributed by atoms with E-state index in [9.17, 15) is 0 Å². The zero-order chi connectivity index (χ0) is 7.68. The third-order valence-electron chi connectivity index (χ3n) is 1.54. The molecule has 0 N–H and O–H groups in total. The van der Waals surface area contributed by atoms with Gasteiger partial charge >= 0.3 is 0 Å². The lowest BCUT2D eigenvalue weighted by atomic mass is 10.3. The summed E-state index contributed by atoms with van der Waals surface area (Å²) in [6.45, 7) is 0. The van der Waals surface area contributed by atoms with Crippen LogP contribution in [0, 0.1) is 0 Å². The molecule has 0 aliphatic carbocycles. The second kappa shape index (κ2) is 2.58. The van der Waals surface area contributed by atoms with Crippen molar-refractivity contribution in [1.29, 1.82) is 0 Å². The first-order chi connectivity index (χ1) is 5.40. The Balaban J connectivity index is 2.45. The highest BCUT2D eigenvalue weighted by Gasteiger charge is 2.18. The van der Waals surface area contributed by atoms with Crippen LogP contribution in [0.1, 0.15) is 0 Å². The highest BCUT2D eigenvalue weighted by Crippen LogP contribution is 2.32. The minimum Gasteiger partial charge on any atom is -0.497 e. The van der Waals surface area contributed by atoms with Gasteiger partial charge in [0, 0.05) is 12.1 Å². The number of hydrogen-bond acceptors (Lipinski definition) is 3. The Kier molecular flexibility index (Phi) is 1.58. The Labute approximate surface area is 69.3 Å². The van der Waals surface area contributed by atoms with Crippen LogP contribution in [-0.2, 0) is 0 Å². The van der Waals surface area contributed by atoms with E-state index in [1.165, 1.54) is 4.90 Å². The summed E-state index contributed by atoms with van der Waals surface area (Å²) in [4.78, 5) is 5.33. The Morgan fingerprint density at radius 2 is 2.36 bits per heavy atom. The van der Waals surface area contributed by atoms with Gasteiger partial charge in [-0.05, 0) is 17.8 Å². The molecule has 11 heavy (non-hydrogen) atoms. The Hall–Kier alpha value is -0.960. The highest BCUT2D eigenvalue weighted by atomic mass is 32.2. The second-order valence-corrected chi connectivity index (χ2v) is 3.07. The summed E-state index contributed by atoms with van der Waals surface area (Å²) in [6, 6.07) is 5.87. The third kappa shape index (κ3) is 1.12. The van der Waals surface area contributed by atoms with Crippen molar-refractivity contribution >= 4 is 23.0 Å². The first-order valence-corrected chi connectivity index (χ1v) is 4.15. The molecule has 1 aromatic carbocycles. The lowest BCUT2D eigenvalue weighted by Crippen LogP contribution is -1.82. The molecule has 2 nitrogen and oxygen atoms in total. The zero-order valence-electron chi connectivity index (χ0n) is 6.07. The van der Waals surface area contributed by atoms with Crippen molar-refractivity contribution < 1.29 is 4.74 Å². The molecule has 0 saturated carbocycles. The molecule has 1 aromatic rings. The fraction of sp³-hybridized carbons (Fsp3) is 0.125. The standard InChI is InChI=1S/C8H7NOS/c1-10-6-2-3-7-8(4-6)11-5-9-7/h2-5H,1H3/q+1. The van der Waals surface area contributed by atoms with Gasteiger partial charge in [0.05, 0.1) is 12.1 Å². The number of ether oxygens (including phenoxy) is 1.